The van der Waals surface area contributed by atoms with E-state index in [1.807, 2.05) is 13.8 Å². The number of benzene rings is 1. The summed E-state index contributed by atoms with van der Waals surface area (Å²) < 4.78 is 13.2. The monoisotopic (exact) mass is 290 g/mol. The second-order valence-electron chi connectivity index (χ2n) is 4.80. The number of aromatic amines is 1. The summed E-state index contributed by atoms with van der Waals surface area (Å²) in [6.45, 7) is 6.07. The summed E-state index contributed by atoms with van der Waals surface area (Å²) >= 11 is 1.68. The molecule has 0 aliphatic carbocycles. The number of nitrogens with zero attached hydrogens (tertiary/aromatic N) is 2. The maximum atomic E-state index is 13.2. The highest BCUT2D eigenvalue weighted by molar-refractivity contribution is 7.11. The van der Waals surface area contributed by atoms with Crippen molar-refractivity contribution in [1.29, 1.82) is 0 Å². The Labute approximate surface area is 120 Å². The molecular formula is C14H15FN4S. The van der Waals surface area contributed by atoms with E-state index in [1.54, 1.807) is 17.4 Å². The average molecular weight is 290 g/mol. The van der Waals surface area contributed by atoms with Gasteiger partial charge in [-0.1, -0.05) is 0 Å². The third-order valence-corrected chi connectivity index (χ3v) is 4.39. The quantitative estimate of drug-likeness (QED) is 0.768. The van der Waals surface area contributed by atoms with Crippen LogP contribution >= 0.6 is 11.3 Å². The van der Waals surface area contributed by atoms with Crippen LogP contribution in [-0.4, -0.2) is 15.0 Å². The van der Waals surface area contributed by atoms with Gasteiger partial charge in [-0.3, -0.25) is 0 Å². The SMILES string of the molecule is Cc1nc(C)c(C(C)Nc2nc3ccc(F)cc3[nH]2)s1. The van der Waals surface area contributed by atoms with Gasteiger partial charge in [-0.15, -0.1) is 11.3 Å². The highest BCUT2D eigenvalue weighted by Crippen LogP contribution is 2.27. The van der Waals surface area contributed by atoms with Crippen LogP contribution in [0.25, 0.3) is 11.0 Å². The topological polar surface area (TPSA) is 53.6 Å². The lowest BCUT2D eigenvalue weighted by atomic mass is 10.2. The van der Waals surface area contributed by atoms with E-state index in [4.69, 9.17) is 0 Å². The molecule has 6 heteroatoms. The standard InChI is InChI=1S/C14H15FN4S/c1-7-13(20-9(3)16-7)8(2)17-14-18-11-5-4-10(15)6-12(11)19-14/h4-6,8H,1-3H3,(H2,17,18,19). The maximum absolute atomic E-state index is 13.2. The Balaban J connectivity index is 1.87. The van der Waals surface area contributed by atoms with Crippen molar-refractivity contribution in [3.8, 4) is 0 Å². The molecule has 0 amide bonds. The van der Waals surface area contributed by atoms with Gasteiger partial charge in [-0.05, 0) is 39.0 Å². The van der Waals surface area contributed by atoms with E-state index in [0.717, 1.165) is 16.2 Å². The Morgan fingerprint density at radius 2 is 2.10 bits per heavy atom. The molecule has 0 spiro atoms. The predicted octanol–water partition coefficient (Wildman–Crippen LogP) is 3.95. The summed E-state index contributed by atoms with van der Waals surface area (Å²) in [5, 5.41) is 4.36. The smallest absolute Gasteiger partial charge is 0.201 e. The van der Waals surface area contributed by atoms with Crippen molar-refractivity contribution in [3.63, 3.8) is 0 Å². The molecule has 1 unspecified atom stereocenters. The Kier molecular flexibility index (Phi) is 3.17. The van der Waals surface area contributed by atoms with Crippen molar-refractivity contribution in [3.05, 3.63) is 39.6 Å². The molecule has 1 atom stereocenters. The number of hydrogen-bond donors (Lipinski definition) is 2. The Hall–Kier alpha value is -1.95. The van der Waals surface area contributed by atoms with Crippen molar-refractivity contribution < 1.29 is 4.39 Å². The molecule has 0 bridgehead atoms. The number of halogens is 1. The molecule has 2 aromatic heterocycles. The molecule has 2 heterocycles. The number of thiazole rings is 1. The van der Waals surface area contributed by atoms with Crippen molar-refractivity contribution in [1.82, 2.24) is 15.0 Å². The average Bonchev–Trinajstić information content (AvgIpc) is 2.91. The van der Waals surface area contributed by atoms with E-state index < -0.39 is 0 Å². The van der Waals surface area contributed by atoms with Crippen LogP contribution in [0.4, 0.5) is 10.3 Å². The zero-order valence-corrected chi connectivity index (χ0v) is 12.3. The molecule has 0 fully saturated rings. The molecule has 4 nitrogen and oxygen atoms in total. The van der Waals surface area contributed by atoms with Crippen LogP contribution in [0, 0.1) is 19.7 Å². The summed E-state index contributed by atoms with van der Waals surface area (Å²) in [5.41, 5.74) is 2.48. The fourth-order valence-electron chi connectivity index (χ4n) is 2.27. The molecule has 0 saturated carbocycles. The van der Waals surface area contributed by atoms with Gasteiger partial charge in [0.05, 0.1) is 27.8 Å². The fraction of sp³-hybridized carbons (Fsp3) is 0.286. The minimum atomic E-state index is -0.269. The number of hydrogen-bond acceptors (Lipinski definition) is 4. The van der Waals surface area contributed by atoms with Gasteiger partial charge in [0.2, 0.25) is 5.95 Å². The van der Waals surface area contributed by atoms with Gasteiger partial charge < -0.3 is 10.3 Å². The van der Waals surface area contributed by atoms with Crippen LogP contribution < -0.4 is 5.32 Å². The summed E-state index contributed by atoms with van der Waals surface area (Å²) in [4.78, 5) is 13.1. The fourth-order valence-corrected chi connectivity index (χ4v) is 3.20. The molecule has 0 aliphatic heterocycles. The number of nitrogens with one attached hydrogen (secondary N) is 2. The van der Waals surface area contributed by atoms with Gasteiger partial charge in [0, 0.05) is 4.88 Å². The summed E-state index contributed by atoms with van der Waals surface area (Å²) in [6, 6.07) is 4.62. The first-order valence-corrected chi connectivity index (χ1v) is 7.20. The van der Waals surface area contributed by atoms with Crippen LogP contribution in [-0.2, 0) is 0 Å². The van der Waals surface area contributed by atoms with Crippen LogP contribution in [0.2, 0.25) is 0 Å². The lowest BCUT2D eigenvalue weighted by molar-refractivity contribution is 0.629. The number of aromatic nitrogens is 3. The minimum absolute atomic E-state index is 0.103. The number of rotatable bonds is 3. The summed E-state index contributed by atoms with van der Waals surface area (Å²) in [5.74, 6) is 0.373. The third kappa shape index (κ3) is 2.38. The van der Waals surface area contributed by atoms with Crippen LogP contribution in [0.15, 0.2) is 18.2 Å². The molecule has 2 N–H and O–H groups in total. The third-order valence-electron chi connectivity index (χ3n) is 3.13. The minimum Gasteiger partial charge on any atom is -0.348 e. The Morgan fingerprint density at radius 1 is 1.30 bits per heavy atom. The van der Waals surface area contributed by atoms with Crippen molar-refractivity contribution in [2.24, 2.45) is 0 Å². The van der Waals surface area contributed by atoms with Gasteiger partial charge in [0.15, 0.2) is 0 Å². The van der Waals surface area contributed by atoms with Crippen molar-refractivity contribution in [2.45, 2.75) is 26.8 Å². The van der Waals surface area contributed by atoms with E-state index >= 15 is 0 Å². The number of fused-ring (bicyclic) bond motifs is 1. The second-order valence-corrected chi connectivity index (χ2v) is 6.03. The van der Waals surface area contributed by atoms with Crippen LogP contribution in [0.5, 0.6) is 0 Å². The summed E-state index contributed by atoms with van der Waals surface area (Å²) in [6.07, 6.45) is 0. The Bertz CT molecular complexity index is 762. The van der Waals surface area contributed by atoms with Gasteiger partial charge in [0.25, 0.3) is 0 Å². The molecule has 3 rings (SSSR count). The zero-order chi connectivity index (χ0) is 14.3. The summed E-state index contributed by atoms with van der Waals surface area (Å²) in [7, 11) is 0. The van der Waals surface area contributed by atoms with Crippen LogP contribution in [0.3, 0.4) is 0 Å². The van der Waals surface area contributed by atoms with Crippen LogP contribution in [0.1, 0.15) is 28.5 Å². The highest BCUT2D eigenvalue weighted by Gasteiger charge is 2.14. The molecule has 3 aromatic rings. The first-order chi connectivity index (χ1) is 9.52. The van der Waals surface area contributed by atoms with Gasteiger partial charge >= 0.3 is 0 Å². The number of aryl methyl sites for hydroxylation is 2. The van der Waals surface area contributed by atoms with Gasteiger partial charge in [-0.25, -0.2) is 14.4 Å². The molecule has 104 valence electrons. The van der Waals surface area contributed by atoms with E-state index in [-0.39, 0.29) is 11.9 Å². The van der Waals surface area contributed by atoms with E-state index in [2.05, 4.69) is 27.2 Å². The molecular weight excluding hydrogens is 275 g/mol. The van der Waals surface area contributed by atoms with Crippen molar-refractivity contribution in [2.75, 3.05) is 5.32 Å². The largest absolute Gasteiger partial charge is 0.348 e. The first kappa shape index (κ1) is 13.1. The highest BCUT2D eigenvalue weighted by atomic mass is 32.1. The van der Waals surface area contributed by atoms with E-state index in [0.29, 0.717) is 11.5 Å². The second kappa shape index (κ2) is 4.86. The lowest BCUT2D eigenvalue weighted by Crippen LogP contribution is -2.07. The zero-order valence-electron chi connectivity index (χ0n) is 11.5. The van der Waals surface area contributed by atoms with E-state index in [9.17, 15) is 4.39 Å². The number of imidazole rings is 1. The van der Waals surface area contributed by atoms with Crippen molar-refractivity contribution >= 4 is 28.3 Å². The molecule has 0 saturated heterocycles. The number of anilines is 1. The first-order valence-electron chi connectivity index (χ1n) is 6.38. The van der Waals surface area contributed by atoms with E-state index in [1.165, 1.54) is 17.0 Å². The molecule has 0 radical (unpaired) electrons. The lowest BCUT2D eigenvalue weighted by Gasteiger charge is -2.11. The van der Waals surface area contributed by atoms with Gasteiger partial charge in [0.1, 0.15) is 5.82 Å². The normalized spacial score (nSPS) is 12.8. The van der Waals surface area contributed by atoms with Gasteiger partial charge in [-0.2, -0.15) is 0 Å². The Morgan fingerprint density at radius 3 is 2.80 bits per heavy atom. The molecule has 20 heavy (non-hydrogen) atoms. The number of H-pyrrole nitrogens is 1. The predicted molar refractivity (Wildman–Crippen MR) is 79.7 cm³/mol. The molecule has 0 aliphatic rings. The maximum Gasteiger partial charge on any atom is 0.201 e. The molecule has 1 aromatic carbocycles.